The predicted molar refractivity (Wildman–Crippen MR) is 101 cm³/mol. The smallest absolute Gasteiger partial charge is 0.233 e. The second-order valence-corrected chi connectivity index (χ2v) is 9.62. The van der Waals surface area contributed by atoms with Crippen molar-refractivity contribution in [3.05, 3.63) is 42.1 Å². The highest BCUT2D eigenvalue weighted by Crippen LogP contribution is 2.41. The molecule has 3 rings (SSSR count). The van der Waals surface area contributed by atoms with E-state index in [1.54, 1.807) is 11.8 Å². The number of aromatic nitrogens is 1. The van der Waals surface area contributed by atoms with Crippen molar-refractivity contribution in [3.63, 3.8) is 0 Å². The van der Waals surface area contributed by atoms with Gasteiger partial charge in [-0.25, -0.2) is 0 Å². The summed E-state index contributed by atoms with van der Waals surface area (Å²) < 4.78 is 0.231. The largest absolute Gasteiger partial charge is 0.325 e. The number of nitrogens with zero attached hydrogens (tertiary/aromatic N) is 2. The summed E-state index contributed by atoms with van der Waals surface area (Å²) in [4.78, 5) is 18.8. The first kappa shape index (κ1) is 16.7. The van der Waals surface area contributed by atoms with Gasteiger partial charge in [-0.1, -0.05) is 39.0 Å². The summed E-state index contributed by atoms with van der Waals surface area (Å²) in [6.45, 7) is 7.44. The highest BCUT2D eigenvalue weighted by Gasteiger charge is 2.33. The predicted octanol–water partition coefficient (Wildman–Crippen LogP) is 4.34. The summed E-state index contributed by atoms with van der Waals surface area (Å²) in [6, 6.07) is 10.2. The van der Waals surface area contributed by atoms with E-state index in [1.165, 1.54) is 5.56 Å². The third-order valence-electron chi connectivity index (χ3n) is 3.78. The van der Waals surface area contributed by atoms with Crippen LogP contribution in [-0.4, -0.2) is 38.6 Å². The Hall–Kier alpha value is -1.20. The number of thioether (sulfide) groups is 2. The molecule has 1 aromatic carbocycles. The number of para-hydroxylation sites is 1. The van der Waals surface area contributed by atoms with E-state index in [9.17, 15) is 4.79 Å². The molecule has 0 radical (unpaired) electrons. The van der Waals surface area contributed by atoms with Crippen LogP contribution in [0.2, 0.25) is 0 Å². The molecule has 1 aliphatic rings. The maximum Gasteiger partial charge on any atom is 0.233 e. The van der Waals surface area contributed by atoms with Crippen molar-refractivity contribution in [1.29, 1.82) is 0 Å². The van der Waals surface area contributed by atoms with E-state index in [0.717, 1.165) is 23.2 Å². The van der Waals surface area contributed by atoms with Crippen molar-refractivity contribution in [3.8, 4) is 0 Å². The Morgan fingerprint density at radius 1 is 1.30 bits per heavy atom. The number of fused-ring (bicyclic) bond motifs is 1. The second kappa shape index (κ2) is 6.73. The van der Waals surface area contributed by atoms with Crippen LogP contribution in [0.25, 0.3) is 10.9 Å². The number of hydrogen-bond donors (Lipinski definition) is 0. The number of pyridine rings is 1. The molecule has 2 heterocycles. The first-order valence-electron chi connectivity index (χ1n) is 7.84. The van der Waals surface area contributed by atoms with E-state index in [0.29, 0.717) is 5.75 Å². The molecule has 1 saturated heterocycles. The number of hydrogen-bond acceptors (Lipinski definition) is 4. The van der Waals surface area contributed by atoms with Gasteiger partial charge < -0.3 is 4.90 Å². The molecular weight excluding hydrogens is 324 g/mol. The maximum absolute atomic E-state index is 12.3. The molecule has 1 aliphatic heterocycles. The van der Waals surface area contributed by atoms with Gasteiger partial charge in [-0.3, -0.25) is 9.78 Å². The van der Waals surface area contributed by atoms with Crippen molar-refractivity contribution in [2.75, 3.05) is 18.1 Å². The zero-order chi connectivity index (χ0) is 16.4. The molecule has 1 atom stereocenters. The molecular formula is C18H22N2OS2. The van der Waals surface area contributed by atoms with Crippen molar-refractivity contribution in [1.82, 2.24) is 9.88 Å². The second-order valence-electron chi connectivity index (χ2n) is 6.63. The quantitative estimate of drug-likeness (QED) is 0.824. The Bertz CT molecular complexity index is 706. The maximum atomic E-state index is 12.3. The summed E-state index contributed by atoms with van der Waals surface area (Å²) in [6.07, 6.45) is 1.85. The lowest BCUT2D eigenvalue weighted by Crippen LogP contribution is -2.31. The Kier molecular flexibility index (Phi) is 4.87. The number of rotatable bonds is 4. The molecule has 5 heteroatoms. The van der Waals surface area contributed by atoms with E-state index >= 15 is 0 Å². The van der Waals surface area contributed by atoms with Gasteiger partial charge in [0.1, 0.15) is 5.37 Å². The molecule has 1 amide bonds. The Morgan fingerprint density at radius 2 is 2.09 bits per heavy atom. The fraction of sp³-hybridized carbons (Fsp3) is 0.444. The third-order valence-corrected chi connectivity index (χ3v) is 6.27. The van der Waals surface area contributed by atoms with Gasteiger partial charge in [0.2, 0.25) is 5.91 Å². The van der Waals surface area contributed by atoms with Gasteiger partial charge in [0, 0.05) is 28.6 Å². The lowest BCUT2D eigenvalue weighted by Gasteiger charge is -2.26. The minimum absolute atomic E-state index is 0.107. The van der Waals surface area contributed by atoms with Crippen LogP contribution >= 0.6 is 23.5 Å². The van der Waals surface area contributed by atoms with Crippen molar-refractivity contribution in [2.24, 2.45) is 0 Å². The number of benzene rings is 1. The average Bonchev–Trinajstić information content (AvgIpc) is 2.87. The molecule has 0 N–H and O–H groups in total. The van der Waals surface area contributed by atoms with Gasteiger partial charge in [-0.05, 0) is 17.7 Å². The van der Waals surface area contributed by atoms with Crippen LogP contribution in [0.1, 0.15) is 31.7 Å². The molecule has 23 heavy (non-hydrogen) atoms. The fourth-order valence-electron chi connectivity index (χ4n) is 2.74. The summed E-state index contributed by atoms with van der Waals surface area (Å²) in [5.74, 6) is 1.78. The third kappa shape index (κ3) is 3.83. The lowest BCUT2D eigenvalue weighted by atomic mass is 10.1. The monoisotopic (exact) mass is 346 g/mol. The number of carbonyl (C=O) groups excluding carboxylic acids is 1. The van der Waals surface area contributed by atoms with Crippen LogP contribution in [0, 0.1) is 0 Å². The summed E-state index contributed by atoms with van der Waals surface area (Å²) in [5.41, 5.74) is 2.20. The fourth-order valence-corrected chi connectivity index (χ4v) is 4.89. The minimum Gasteiger partial charge on any atom is -0.325 e. The number of carbonyl (C=O) groups is 1. The van der Waals surface area contributed by atoms with Gasteiger partial charge in [0.15, 0.2) is 0 Å². The van der Waals surface area contributed by atoms with E-state index in [-0.39, 0.29) is 16.0 Å². The zero-order valence-corrected chi connectivity index (χ0v) is 15.4. The molecule has 3 nitrogen and oxygen atoms in total. The highest BCUT2D eigenvalue weighted by molar-refractivity contribution is 8.01. The first-order valence-corrected chi connectivity index (χ1v) is 9.88. The minimum atomic E-state index is 0.107. The van der Waals surface area contributed by atoms with Crippen molar-refractivity contribution in [2.45, 2.75) is 30.9 Å². The molecule has 1 unspecified atom stereocenters. The summed E-state index contributed by atoms with van der Waals surface area (Å²) in [7, 11) is 0. The normalized spacial score (nSPS) is 18.8. The van der Waals surface area contributed by atoms with Crippen molar-refractivity contribution >= 4 is 40.3 Å². The molecule has 0 aliphatic carbocycles. The van der Waals surface area contributed by atoms with Crippen LogP contribution in [0.4, 0.5) is 0 Å². The molecule has 122 valence electrons. The van der Waals surface area contributed by atoms with Gasteiger partial charge in [-0.2, -0.15) is 11.8 Å². The van der Waals surface area contributed by atoms with Crippen LogP contribution in [0.5, 0.6) is 0 Å². The summed E-state index contributed by atoms with van der Waals surface area (Å²) in [5, 5.41) is 1.26. The molecule has 2 aromatic rings. The van der Waals surface area contributed by atoms with E-state index in [4.69, 9.17) is 0 Å². The van der Waals surface area contributed by atoms with Gasteiger partial charge in [-0.15, -0.1) is 11.8 Å². The van der Waals surface area contributed by atoms with E-state index in [1.807, 2.05) is 41.1 Å². The molecule has 0 saturated carbocycles. The Labute approximate surface area is 146 Å². The van der Waals surface area contributed by atoms with Gasteiger partial charge in [0.25, 0.3) is 0 Å². The Morgan fingerprint density at radius 3 is 2.87 bits per heavy atom. The number of amides is 1. The first-order chi connectivity index (χ1) is 11.0. The van der Waals surface area contributed by atoms with Gasteiger partial charge >= 0.3 is 0 Å². The van der Waals surface area contributed by atoms with Crippen molar-refractivity contribution < 1.29 is 4.79 Å². The topological polar surface area (TPSA) is 33.2 Å². The Balaban J connectivity index is 1.83. The summed E-state index contributed by atoms with van der Waals surface area (Å²) >= 11 is 3.63. The van der Waals surface area contributed by atoms with Gasteiger partial charge in [0.05, 0.1) is 11.3 Å². The average molecular weight is 347 g/mol. The SMILES string of the molecule is CC(C)(C)SCCN1C(=O)CSC1c1ccnc2ccccc12. The lowest BCUT2D eigenvalue weighted by molar-refractivity contribution is -0.127. The molecule has 0 bridgehead atoms. The van der Waals surface area contributed by atoms with Crippen LogP contribution in [-0.2, 0) is 4.79 Å². The standard InChI is InChI=1S/C18H22N2OS2/c1-18(2,3)23-11-10-20-16(21)12-22-17(20)14-8-9-19-15-7-5-4-6-13(14)15/h4-9,17H,10-12H2,1-3H3. The zero-order valence-electron chi connectivity index (χ0n) is 13.8. The van der Waals surface area contributed by atoms with Crippen LogP contribution in [0.15, 0.2) is 36.5 Å². The van der Waals surface area contributed by atoms with Crippen LogP contribution < -0.4 is 0 Å². The molecule has 1 fully saturated rings. The van der Waals surface area contributed by atoms with E-state index < -0.39 is 0 Å². The molecule has 1 aromatic heterocycles. The molecule has 0 spiro atoms. The van der Waals surface area contributed by atoms with Crippen LogP contribution in [0.3, 0.4) is 0 Å². The van der Waals surface area contributed by atoms with E-state index in [2.05, 4.69) is 37.9 Å². The highest BCUT2D eigenvalue weighted by atomic mass is 32.2.